The van der Waals surface area contributed by atoms with Crippen LogP contribution in [0.3, 0.4) is 0 Å². The van der Waals surface area contributed by atoms with Gasteiger partial charge in [0, 0.05) is 5.88 Å². The summed E-state index contributed by atoms with van der Waals surface area (Å²) in [7, 11) is 2.56. The molecule has 0 spiro atoms. The van der Waals surface area contributed by atoms with Gasteiger partial charge in [0.2, 0.25) is 0 Å². The molecule has 1 atom stereocenters. The highest BCUT2D eigenvalue weighted by atomic mass is 35.5. The summed E-state index contributed by atoms with van der Waals surface area (Å²) in [4.78, 5) is 0. The summed E-state index contributed by atoms with van der Waals surface area (Å²) in [5, 5.41) is 0. The standard InChI is InChI=1S/C4H8ClP/c1-4(2-5)3-6/h1-3,6H2. The second-order valence-corrected chi connectivity index (χ2v) is 1.76. The first-order valence-electron chi connectivity index (χ1n) is 1.74. The molecule has 0 nitrogen and oxygen atoms in total. The van der Waals surface area contributed by atoms with Crippen molar-refractivity contribution in [1.29, 1.82) is 0 Å². The Kier molecular flexibility index (Phi) is 3.92. The summed E-state index contributed by atoms with van der Waals surface area (Å²) >= 11 is 5.34. The van der Waals surface area contributed by atoms with Gasteiger partial charge in [-0.3, -0.25) is 0 Å². The normalized spacial score (nSPS) is 8.33. The maximum Gasteiger partial charge on any atom is 0.0434 e. The summed E-state index contributed by atoms with van der Waals surface area (Å²) in [5.41, 5.74) is 1.07. The lowest BCUT2D eigenvalue weighted by atomic mass is 10.4. The van der Waals surface area contributed by atoms with Gasteiger partial charge in [-0.25, -0.2) is 0 Å². The van der Waals surface area contributed by atoms with Gasteiger partial charge in [0.25, 0.3) is 0 Å². The quantitative estimate of drug-likeness (QED) is 0.297. The average Bonchev–Trinajstić information content (AvgIpc) is 1.65. The Morgan fingerprint density at radius 3 is 2.33 bits per heavy atom. The molecule has 0 amide bonds. The fourth-order valence-electron chi connectivity index (χ4n) is 0.0546. The van der Waals surface area contributed by atoms with Gasteiger partial charge in [0.15, 0.2) is 0 Å². The van der Waals surface area contributed by atoms with E-state index in [0.717, 1.165) is 11.7 Å². The predicted molar refractivity (Wildman–Crippen MR) is 34.4 cm³/mol. The summed E-state index contributed by atoms with van der Waals surface area (Å²) in [6.07, 6.45) is 0.920. The van der Waals surface area contributed by atoms with Crippen molar-refractivity contribution in [3.8, 4) is 0 Å². The summed E-state index contributed by atoms with van der Waals surface area (Å²) < 4.78 is 0. The third-order valence-electron chi connectivity index (χ3n) is 0.478. The molecule has 0 heterocycles. The van der Waals surface area contributed by atoms with Gasteiger partial charge in [-0.1, -0.05) is 12.2 Å². The minimum Gasteiger partial charge on any atom is -0.133 e. The van der Waals surface area contributed by atoms with Crippen molar-refractivity contribution in [2.45, 2.75) is 0 Å². The molecule has 0 saturated carbocycles. The van der Waals surface area contributed by atoms with Crippen molar-refractivity contribution in [3.63, 3.8) is 0 Å². The first-order valence-corrected chi connectivity index (χ1v) is 3.09. The van der Waals surface area contributed by atoms with E-state index in [1.807, 2.05) is 0 Å². The summed E-state index contributed by atoms with van der Waals surface area (Å²) in [5.74, 6) is 0.587. The van der Waals surface area contributed by atoms with E-state index in [1.54, 1.807) is 0 Å². The number of hydrogen-bond donors (Lipinski definition) is 0. The maximum absolute atomic E-state index is 5.34. The van der Waals surface area contributed by atoms with Crippen molar-refractivity contribution in [2.75, 3.05) is 12.0 Å². The lowest BCUT2D eigenvalue weighted by Gasteiger charge is -1.87. The smallest absolute Gasteiger partial charge is 0.0434 e. The van der Waals surface area contributed by atoms with Crippen LogP contribution in [0.1, 0.15) is 0 Å². The molecule has 6 heavy (non-hydrogen) atoms. The van der Waals surface area contributed by atoms with Gasteiger partial charge in [-0.05, 0) is 6.16 Å². The zero-order valence-electron chi connectivity index (χ0n) is 3.58. The van der Waals surface area contributed by atoms with Gasteiger partial charge in [0.1, 0.15) is 0 Å². The second-order valence-electron chi connectivity index (χ2n) is 1.09. The van der Waals surface area contributed by atoms with E-state index in [9.17, 15) is 0 Å². The van der Waals surface area contributed by atoms with Crippen molar-refractivity contribution in [1.82, 2.24) is 0 Å². The average molecular weight is 123 g/mol. The zero-order chi connectivity index (χ0) is 4.99. The third-order valence-corrected chi connectivity index (χ3v) is 1.43. The summed E-state index contributed by atoms with van der Waals surface area (Å²) in [6.45, 7) is 3.64. The van der Waals surface area contributed by atoms with Crippen molar-refractivity contribution in [3.05, 3.63) is 12.2 Å². The molecular formula is C4H8ClP. The van der Waals surface area contributed by atoms with Crippen LogP contribution in [0, 0.1) is 0 Å². The largest absolute Gasteiger partial charge is 0.133 e. The number of allylic oxidation sites excluding steroid dienone is 1. The zero-order valence-corrected chi connectivity index (χ0v) is 5.49. The molecule has 0 aliphatic heterocycles. The van der Waals surface area contributed by atoms with E-state index < -0.39 is 0 Å². The van der Waals surface area contributed by atoms with Crippen molar-refractivity contribution < 1.29 is 0 Å². The molecule has 2 heteroatoms. The molecule has 0 fully saturated rings. The Bertz CT molecular complexity index is 45.5. The molecule has 1 unspecified atom stereocenters. The monoisotopic (exact) mass is 122 g/mol. The highest BCUT2D eigenvalue weighted by Gasteiger charge is 1.80. The number of alkyl halides is 1. The third kappa shape index (κ3) is 2.68. The topological polar surface area (TPSA) is 0 Å². The van der Waals surface area contributed by atoms with E-state index in [1.165, 1.54) is 0 Å². The maximum atomic E-state index is 5.34. The van der Waals surface area contributed by atoms with Crippen LogP contribution in [0.4, 0.5) is 0 Å². The molecule has 0 N–H and O–H groups in total. The lowest BCUT2D eigenvalue weighted by Crippen LogP contribution is -1.78. The van der Waals surface area contributed by atoms with E-state index in [4.69, 9.17) is 11.6 Å². The first-order chi connectivity index (χ1) is 2.81. The lowest BCUT2D eigenvalue weighted by molar-refractivity contribution is 1.45. The molecule has 0 rings (SSSR count). The first kappa shape index (κ1) is 6.46. The van der Waals surface area contributed by atoms with Gasteiger partial charge in [-0.2, -0.15) is 0 Å². The minimum atomic E-state index is 0.587. The van der Waals surface area contributed by atoms with Crippen molar-refractivity contribution in [2.24, 2.45) is 0 Å². The molecule has 0 radical (unpaired) electrons. The molecule has 0 aliphatic carbocycles. The van der Waals surface area contributed by atoms with E-state index in [2.05, 4.69) is 15.8 Å². The number of hydrogen-bond acceptors (Lipinski definition) is 0. The molecule has 0 aliphatic rings. The Morgan fingerprint density at radius 1 is 1.83 bits per heavy atom. The predicted octanol–water partition coefficient (Wildman–Crippen LogP) is 1.66. The van der Waals surface area contributed by atoms with E-state index >= 15 is 0 Å². The number of rotatable bonds is 2. The van der Waals surface area contributed by atoms with Gasteiger partial charge >= 0.3 is 0 Å². The Labute approximate surface area is 45.8 Å². The molecule has 36 valence electrons. The van der Waals surface area contributed by atoms with Crippen LogP contribution in [-0.4, -0.2) is 12.0 Å². The van der Waals surface area contributed by atoms with Crippen molar-refractivity contribution >= 4 is 20.8 Å². The highest BCUT2D eigenvalue weighted by molar-refractivity contribution is 7.16. The van der Waals surface area contributed by atoms with Crippen LogP contribution in [0.2, 0.25) is 0 Å². The SMILES string of the molecule is C=C(CP)CCl. The van der Waals surface area contributed by atoms with Crippen LogP contribution in [0.25, 0.3) is 0 Å². The fourth-order valence-corrected chi connectivity index (χ4v) is 0.491. The second kappa shape index (κ2) is 3.64. The summed E-state index contributed by atoms with van der Waals surface area (Å²) in [6, 6.07) is 0. The van der Waals surface area contributed by atoms with Crippen LogP contribution < -0.4 is 0 Å². The van der Waals surface area contributed by atoms with Crippen LogP contribution in [0.5, 0.6) is 0 Å². The van der Waals surface area contributed by atoms with Gasteiger partial charge in [-0.15, -0.1) is 20.8 Å². The minimum absolute atomic E-state index is 0.587. The van der Waals surface area contributed by atoms with Crippen LogP contribution in [0.15, 0.2) is 12.2 Å². The van der Waals surface area contributed by atoms with Crippen LogP contribution >= 0.6 is 20.8 Å². The molecule has 0 saturated heterocycles. The van der Waals surface area contributed by atoms with Gasteiger partial charge < -0.3 is 0 Å². The van der Waals surface area contributed by atoms with Crippen LogP contribution in [-0.2, 0) is 0 Å². The number of halogens is 1. The molecule has 0 aromatic heterocycles. The Morgan fingerprint density at radius 2 is 2.33 bits per heavy atom. The Balaban J connectivity index is 2.99. The van der Waals surface area contributed by atoms with E-state index in [-0.39, 0.29) is 0 Å². The van der Waals surface area contributed by atoms with Gasteiger partial charge in [0.05, 0.1) is 0 Å². The molecule has 0 aromatic rings. The van der Waals surface area contributed by atoms with E-state index in [0.29, 0.717) is 5.88 Å². The molecule has 0 bridgehead atoms. The molecule has 0 aromatic carbocycles. The molecular weight excluding hydrogens is 114 g/mol. The highest BCUT2D eigenvalue weighted by Crippen LogP contribution is 1.96. The Hall–Kier alpha value is 0.460. The fraction of sp³-hybridized carbons (Fsp3) is 0.500.